The highest BCUT2D eigenvalue weighted by atomic mass is 16.5. The molecule has 3 heterocycles. The van der Waals surface area contributed by atoms with Gasteiger partial charge in [-0.05, 0) is 48.2 Å². The van der Waals surface area contributed by atoms with E-state index in [4.69, 9.17) is 9.47 Å². The minimum Gasteiger partial charge on any atom is -0.492 e. The average molecular weight is 406 g/mol. The molecule has 0 spiro atoms. The number of ether oxygens (including phenoxy) is 2. The van der Waals surface area contributed by atoms with Crippen LogP contribution in [0.15, 0.2) is 42.6 Å². The lowest BCUT2D eigenvalue weighted by Gasteiger charge is -2.26. The molecule has 2 aliphatic rings. The van der Waals surface area contributed by atoms with E-state index in [2.05, 4.69) is 32.3 Å². The van der Waals surface area contributed by atoms with Crippen molar-refractivity contribution in [3.63, 3.8) is 0 Å². The number of aromatic amines is 1. The van der Waals surface area contributed by atoms with Gasteiger partial charge in [0, 0.05) is 37.1 Å². The molecule has 1 saturated carbocycles. The SMILES string of the molecule is O=C(Nc1cc(-c2ccc(OCCN3CCOCC3)cc2)c2cc[nH]c2n1)C1CC1. The fourth-order valence-corrected chi connectivity index (χ4v) is 3.76. The molecule has 1 saturated heterocycles. The fourth-order valence-electron chi connectivity index (χ4n) is 3.76. The van der Waals surface area contributed by atoms with Crippen molar-refractivity contribution in [1.82, 2.24) is 14.9 Å². The van der Waals surface area contributed by atoms with Gasteiger partial charge < -0.3 is 19.8 Å². The summed E-state index contributed by atoms with van der Waals surface area (Å²) in [4.78, 5) is 22.2. The first-order valence-electron chi connectivity index (χ1n) is 10.6. The second kappa shape index (κ2) is 8.45. The highest BCUT2D eigenvalue weighted by Gasteiger charge is 2.30. The van der Waals surface area contributed by atoms with Gasteiger partial charge in [0.05, 0.1) is 13.2 Å². The third kappa shape index (κ3) is 4.32. The van der Waals surface area contributed by atoms with Crippen molar-refractivity contribution in [3.8, 4) is 16.9 Å². The van der Waals surface area contributed by atoms with Crippen molar-refractivity contribution in [1.29, 1.82) is 0 Å². The number of rotatable bonds is 7. The molecule has 156 valence electrons. The second-order valence-electron chi connectivity index (χ2n) is 7.89. The number of fused-ring (bicyclic) bond motifs is 1. The standard InChI is InChI=1S/C23H26N4O3/c28-23(17-1-2-17)26-21-15-20(19-7-8-24-22(19)25-21)16-3-5-18(6-4-16)30-14-11-27-9-12-29-13-10-27/h3-8,15,17H,1-2,9-14H2,(H2,24,25,26,28). The van der Waals surface area contributed by atoms with Crippen molar-refractivity contribution in [2.45, 2.75) is 12.8 Å². The van der Waals surface area contributed by atoms with Gasteiger partial charge >= 0.3 is 0 Å². The van der Waals surface area contributed by atoms with Crippen LogP contribution in [0.4, 0.5) is 5.82 Å². The third-order valence-corrected chi connectivity index (χ3v) is 5.67. The molecule has 0 atom stereocenters. The van der Waals surface area contributed by atoms with Crippen LogP contribution >= 0.6 is 0 Å². The summed E-state index contributed by atoms with van der Waals surface area (Å²) < 4.78 is 11.3. The van der Waals surface area contributed by atoms with Crippen LogP contribution in [0.3, 0.4) is 0 Å². The first-order valence-corrected chi connectivity index (χ1v) is 10.6. The largest absolute Gasteiger partial charge is 0.492 e. The summed E-state index contributed by atoms with van der Waals surface area (Å²) in [6.07, 6.45) is 3.81. The number of carbonyl (C=O) groups is 1. The zero-order valence-electron chi connectivity index (χ0n) is 16.9. The molecule has 1 aliphatic carbocycles. The average Bonchev–Trinajstić information content (AvgIpc) is 3.53. The van der Waals surface area contributed by atoms with Crippen molar-refractivity contribution in [2.75, 3.05) is 44.8 Å². The number of aromatic nitrogens is 2. The molecule has 7 heteroatoms. The number of hydrogen-bond donors (Lipinski definition) is 2. The van der Waals surface area contributed by atoms with Crippen LogP contribution in [0.25, 0.3) is 22.2 Å². The Hall–Kier alpha value is -2.90. The molecule has 30 heavy (non-hydrogen) atoms. The molecule has 3 aromatic rings. The van der Waals surface area contributed by atoms with Gasteiger partial charge in [0.2, 0.25) is 5.91 Å². The predicted molar refractivity (Wildman–Crippen MR) is 116 cm³/mol. The number of pyridine rings is 1. The molecule has 2 fully saturated rings. The molecule has 0 radical (unpaired) electrons. The highest BCUT2D eigenvalue weighted by Crippen LogP contribution is 2.33. The molecule has 0 unspecified atom stereocenters. The predicted octanol–water partition coefficient (Wildman–Crippen LogP) is 3.29. The summed E-state index contributed by atoms with van der Waals surface area (Å²) in [7, 11) is 0. The Labute approximate surface area is 175 Å². The quantitative estimate of drug-likeness (QED) is 0.629. The number of nitrogens with zero attached hydrogens (tertiary/aromatic N) is 2. The Bertz CT molecular complexity index is 1020. The van der Waals surface area contributed by atoms with E-state index in [1.807, 2.05) is 30.5 Å². The zero-order valence-corrected chi connectivity index (χ0v) is 16.9. The lowest BCUT2D eigenvalue weighted by Crippen LogP contribution is -2.38. The molecule has 1 aliphatic heterocycles. The summed E-state index contributed by atoms with van der Waals surface area (Å²) in [5.41, 5.74) is 2.86. The Morgan fingerprint density at radius 1 is 1.20 bits per heavy atom. The van der Waals surface area contributed by atoms with Crippen LogP contribution in [0, 0.1) is 5.92 Å². The van der Waals surface area contributed by atoms with Gasteiger partial charge in [-0.1, -0.05) is 12.1 Å². The number of benzene rings is 1. The highest BCUT2D eigenvalue weighted by molar-refractivity contribution is 5.98. The Morgan fingerprint density at radius 2 is 2.00 bits per heavy atom. The van der Waals surface area contributed by atoms with Gasteiger partial charge in [0.1, 0.15) is 23.8 Å². The number of amides is 1. The summed E-state index contributed by atoms with van der Waals surface area (Å²) in [5.74, 6) is 1.64. The number of anilines is 1. The maximum Gasteiger partial charge on any atom is 0.228 e. The van der Waals surface area contributed by atoms with E-state index in [1.165, 1.54) is 0 Å². The summed E-state index contributed by atoms with van der Waals surface area (Å²) >= 11 is 0. The van der Waals surface area contributed by atoms with E-state index in [0.29, 0.717) is 12.4 Å². The molecule has 2 N–H and O–H groups in total. The maximum atomic E-state index is 12.2. The number of H-pyrrole nitrogens is 1. The van der Waals surface area contributed by atoms with Crippen molar-refractivity contribution < 1.29 is 14.3 Å². The Kier molecular flexibility index (Phi) is 5.38. The van der Waals surface area contributed by atoms with E-state index in [-0.39, 0.29) is 11.8 Å². The smallest absolute Gasteiger partial charge is 0.228 e. The van der Waals surface area contributed by atoms with Crippen LogP contribution in [-0.4, -0.2) is 60.2 Å². The monoisotopic (exact) mass is 406 g/mol. The third-order valence-electron chi connectivity index (χ3n) is 5.67. The number of hydrogen-bond acceptors (Lipinski definition) is 5. The van der Waals surface area contributed by atoms with Crippen molar-refractivity contribution in [3.05, 3.63) is 42.6 Å². The molecule has 0 bridgehead atoms. The topological polar surface area (TPSA) is 79.5 Å². The Morgan fingerprint density at radius 3 is 2.77 bits per heavy atom. The second-order valence-corrected chi connectivity index (χ2v) is 7.89. The van der Waals surface area contributed by atoms with Crippen LogP contribution in [0.1, 0.15) is 12.8 Å². The van der Waals surface area contributed by atoms with E-state index in [9.17, 15) is 4.79 Å². The first-order chi connectivity index (χ1) is 14.8. The van der Waals surface area contributed by atoms with Gasteiger partial charge in [0.25, 0.3) is 0 Å². The van der Waals surface area contributed by atoms with Crippen LogP contribution < -0.4 is 10.1 Å². The molecule has 5 rings (SSSR count). The summed E-state index contributed by atoms with van der Waals surface area (Å²) in [5, 5.41) is 3.99. The van der Waals surface area contributed by atoms with Crippen molar-refractivity contribution >= 4 is 22.8 Å². The van der Waals surface area contributed by atoms with Gasteiger partial charge in [-0.2, -0.15) is 0 Å². The number of morpholine rings is 1. The number of nitrogens with one attached hydrogen (secondary N) is 2. The fraction of sp³-hybridized carbons (Fsp3) is 0.391. The van der Waals surface area contributed by atoms with Gasteiger partial charge in [-0.15, -0.1) is 0 Å². The van der Waals surface area contributed by atoms with E-state index >= 15 is 0 Å². The van der Waals surface area contributed by atoms with Gasteiger partial charge in [0.15, 0.2) is 0 Å². The zero-order chi connectivity index (χ0) is 20.3. The summed E-state index contributed by atoms with van der Waals surface area (Å²) in [6, 6.07) is 12.1. The van der Waals surface area contributed by atoms with Crippen LogP contribution in [0.2, 0.25) is 0 Å². The molecule has 2 aromatic heterocycles. The molecule has 1 aromatic carbocycles. The lowest BCUT2D eigenvalue weighted by atomic mass is 10.0. The molecular weight excluding hydrogens is 380 g/mol. The number of carbonyl (C=O) groups excluding carboxylic acids is 1. The minimum absolute atomic E-state index is 0.0587. The van der Waals surface area contributed by atoms with Gasteiger partial charge in [-0.3, -0.25) is 9.69 Å². The van der Waals surface area contributed by atoms with E-state index in [1.54, 1.807) is 0 Å². The van der Waals surface area contributed by atoms with Gasteiger partial charge in [-0.25, -0.2) is 4.98 Å². The van der Waals surface area contributed by atoms with Crippen LogP contribution in [0.5, 0.6) is 5.75 Å². The van der Waals surface area contributed by atoms with E-state index in [0.717, 1.165) is 73.6 Å². The molecule has 1 amide bonds. The minimum atomic E-state index is 0.0587. The van der Waals surface area contributed by atoms with Crippen LogP contribution in [-0.2, 0) is 9.53 Å². The summed E-state index contributed by atoms with van der Waals surface area (Å²) in [6.45, 7) is 5.11. The van der Waals surface area contributed by atoms with E-state index < -0.39 is 0 Å². The van der Waals surface area contributed by atoms with Crippen molar-refractivity contribution in [2.24, 2.45) is 5.92 Å². The normalized spacial score (nSPS) is 17.2. The lowest BCUT2D eigenvalue weighted by molar-refractivity contribution is -0.117. The molecular formula is C23H26N4O3. The first kappa shape index (κ1) is 19.1. The molecule has 7 nitrogen and oxygen atoms in total. The Balaban J connectivity index is 1.29. The maximum absolute atomic E-state index is 12.2.